The molecule has 0 saturated carbocycles. The smallest absolute Gasteiger partial charge is 0.128 e. The summed E-state index contributed by atoms with van der Waals surface area (Å²) in [7, 11) is 0. The maximum absolute atomic E-state index is 5.88. The first-order valence-electron chi connectivity index (χ1n) is 8.09. The minimum absolute atomic E-state index is 0.103. The molecule has 5 heteroatoms. The molecule has 0 aliphatic carbocycles. The second-order valence-corrected chi connectivity index (χ2v) is 6.67. The third-order valence-electron chi connectivity index (χ3n) is 3.72. The van der Waals surface area contributed by atoms with Gasteiger partial charge in [0.2, 0.25) is 0 Å². The van der Waals surface area contributed by atoms with Crippen LogP contribution in [0.4, 0.5) is 5.69 Å². The van der Waals surface area contributed by atoms with Crippen LogP contribution in [0, 0.1) is 0 Å². The zero-order valence-electron chi connectivity index (χ0n) is 13.0. The molecule has 0 radical (unpaired) electrons. The van der Waals surface area contributed by atoms with Crippen molar-refractivity contribution in [3.63, 3.8) is 0 Å². The van der Waals surface area contributed by atoms with Gasteiger partial charge in [-0.15, -0.1) is 11.6 Å². The van der Waals surface area contributed by atoms with Gasteiger partial charge in [-0.1, -0.05) is 22.0 Å². The lowest BCUT2D eigenvalue weighted by Crippen LogP contribution is -2.28. The number of hydrogen-bond acceptors (Lipinski definition) is 3. The highest BCUT2D eigenvalue weighted by atomic mass is 79.9. The molecule has 124 valence electrons. The molecule has 1 N–H and O–H groups in total. The Labute approximate surface area is 146 Å². The van der Waals surface area contributed by atoms with Crippen LogP contribution in [0.3, 0.4) is 0 Å². The fourth-order valence-electron chi connectivity index (χ4n) is 2.46. The molecule has 0 fully saturated rings. The number of fused-ring (bicyclic) bond motifs is 1. The third kappa shape index (κ3) is 5.98. The molecular weight excluding hydrogens is 366 g/mol. The molecule has 0 aromatic heterocycles. The van der Waals surface area contributed by atoms with E-state index in [-0.39, 0.29) is 6.23 Å². The molecule has 1 aromatic rings. The summed E-state index contributed by atoms with van der Waals surface area (Å²) in [6.07, 6.45) is 6.41. The van der Waals surface area contributed by atoms with Gasteiger partial charge in [0.15, 0.2) is 0 Å². The van der Waals surface area contributed by atoms with Gasteiger partial charge in [0.1, 0.15) is 12.0 Å². The number of nitrogens with one attached hydrogen (secondary N) is 1. The standard InChI is InChI=1S/C17H25BrClNO2/c18-9-1-3-11-21-15-7-5-14-6-8-17(20-16(14)13-15)22-12-4-2-10-19/h5,7,13,17,20H,1-4,6,8-12H2. The molecule has 3 nitrogen and oxygen atoms in total. The molecule has 1 aliphatic heterocycles. The minimum Gasteiger partial charge on any atom is -0.494 e. The highest BCUT2D eigenvalue weighted by Gasteiger charge is 2.18. The Hall–Kier alpha value is -0.450. The number of hydrogen-bond donors (Lipinski definition) is 1. The van der Waals surface area contributed by atoms with Crippen molar-refractivity contribution in [1.29, 1.82) is 0 Å². The highest BCUT2D eigenvalue weighted by molar-refractivity contribution is 9.09. The van der Waals surface area contributed by atoms with Crippen LogP contribution in [0.25, 0.3) is 0 Å². The Balaban J connectivity index is 1.81. The Morgan fingerprint density at radius 3 is 2.86 bits per heavy atom. The van der Waals surface area contributed by atoms with Gasteiger partial charge in [0.05, 0.1) is 6.61 Å². The van der Waals surface area contributed by atoms with Gasteiger partial charge in [0.25, 0.3) is 0 Å². The fourth-order valence-corrected chi connectivity index (χ4v) is 3.05. The topological polar surface area (TPSA) is 30.5 Å². The van der Waals surface area contributed by atoms with Crippen LogP contribution in [-0.4, -0.2) is 30.7 Å². The van der Waals surface area contributed by atoms with Crippen LogP contribution >= 0.6 is 27.5 Å². The van der Waals surface area contributed by atoms with E-state index in [2.05, 4.69) is 39.4 Å². The Kier molecular flexibility index (Phi) is 8.42. The number of halogens is 2. The normalized spacial score (nSPS) is 16.9. The molecule has 1 heterocycles. The van der Waals surface area contributed by atoms with Crippen LogP contribution in [0.15, 0.2) is 18.2 Å². The van der Waals surface area contributed by atoms with Gasteiger partial charge in [0, 0.05) is 29.6 Å². The van der Waals surface area contributed by atoms with Crippen molar-refractivity contribution in [2.24, 2.45) is 0 Å². The SMILES string of the molecule is ClCCCCOC1CCc2ccc(OCCCCBr)cc2N1. The summed E-state index contributed by atoms with van der Waals surface area (Å²) in [5, 5.41) is 4.51. The lowest BCUT2D eigenvalue weighted by molar-refractivity contribution is 0.0623. The quantitative estimate of drug-likeness (QED) is 0.452. The van der Waals surface area contributed by atoms with Crippen LogP contribution in [0.2, 0.25) is 0 Å². The van der Waals surface area contributed by atoms with Crippen molar-refractivity contribution < 1.29 is 9.47 Å². The zero-order chi connectivity index (χ0) is 15.6. The molecule has 0 bridgehead atoms. The number of ether oxygens (including phenoxy) is 2. The van der Waals surface area contributed by atoms with Crippen LogP contribution in [0.1, 0.15) is 37.7 Å². The van der Waals surface area contributed by atoms with Crippen molar-refractivity contribution in [2.45, 2.75) is 44.8 Å². The monoisotopic (exact) mass is 389 g/mol. The predicted molar refractivity (Wildman–Crippen MR) is 96.6 cm³/mol. The molecule has 22 heavy (non-hydrogen) atoms. The maximum Gasteiger partial charge on any atom is 0.128 e. The first-order valence-corrected chi connectivity index (χ1v) is 9.75. The van der Waals surface area contributed by atoms with Crippen molar-refractivity contribution >= 4 is 33.2 Å². The number of rotatable bonds is 10. The average Bonchev–Trinajstić information content (AvgIpc) is 2.55. The summed E-state index contributed by atoms with van der Waals surface area (Å²) in [5.41, 5.74) is 2.49. The lowest BCUT2D eigenvalue weighted by Gasteiger charge is -2.27. The average molecular weight is 391 g/mol. The molecule has 0 saturated heterocycles. The van der Waals surface area contributed by atoms with E-state index in [9.17, 15) is 0 Å². The summed E-state index contributed by atoms with van der Waals surface area (Å²) >= 11 is 9.12. The number of alkyl halides is 2. The molecular formula is C17H25BrClNO2. The van der Waals surface area contributed by atoms with Crippen LogP contribution in [0.5, 0.6) is 5.75 Å². The van der Waals surface area contributed by atoms with Gasteiger partial charge in [-0.25, -0.2) is 0 Å². The van der Waals surface area contributed by atoms with E-state index in [1.807, 2.05) is 0 Å². The largest absolute Gasteiger partial charge is 0.494 e. The first-order chi connectivity index (χ1) is 10.8. The van der Waals surface area contributed by atoms with E-state index < -0.39 is 0 Å². The summed E-state index contributed by atoms with van der Waals surface area (Å²) in [4.78, 5) is 0. The minimum atomic E-state index is 0.103. The van der Waals surface area contributed by atoms with Gasteiger partial charge in [-0.2, -0.15) is 0 Å². The number of unbranched alkanes of at least 4 members (excludes halogenated alkanes) is 2. The van der Waals surface area contributed by atoms with E-state index in [1.54, 1.807) is 0 Å². The summed E-state index contributed by atoms with van der Waals surface area (Å²) in [5.74, 6) is 1.64. The summed E-state index contributed by atoms with van der Waals surface area (Å²) in [6.45, 7) is 1.53. The maximum atomic E-state index is 5.88. The molecule has 1 atom stereocenters. The summed E-state index contributed by atoms with van der Waals surface area (Å²) in [6, 6.07) is 6.32. The summed E-state index contributed by atoms with van der Waals surface area (Å²) < 4.78 is 11.7. The fraction of sp³-hybridized carbons (Fsp3) is 0.647. The van der Waals surface area contributed by atoms with Gasteiger partial charge < -0.3 is 14.8 Å². The Morgan fingerprint density at radius 1 is 1.18 bits per heavy atom. The van der Waals surface area contributed by atoms with Crippen molar-refractivity contribution in [3.05, 3.63) is 23.8 Å². The first kappa shape index (κ1) is 17.9. The van der Waals surface area contributed by atoms with Crippen LogP contribution in [-0.2, 0) is 11.2 Å². The van der Waals surface area contributed by atoms with Crippen LogP contribution < -0.4 is 10.1 Å². The number of aryl methyl sites for hydroxylation is 1. The molecule has 1 aliphatic rings. The highest BCUT2D eigenvalue weighted by Crippen LogP contribution is 2.29. The molecule has 0 amide bonds. The number of anilines is 1. The van der Waals surface area contributed by atoms with E-state index in [0.29, 0.717) is 5.88 Å². The second-order valence-electron chi connectivity index (χ2n) is 5.50. The van der Waals surface area contributed by atoms with Gasteiger partial charge >= 0.3 is 0 Å². The van der Waals surface area contributed by atoms with Gasteiger partial charge in [-0.3, -0.25) is 0 Å². The zero-order valence-corrected chi connectivity index (χ0v) is 15.3. The van der Waals surface area contributed by atoms with E-state index in [1.165, 1.54) is 5.56 Å². The van der Waals surface area contributed by atoms with Crippen molar-refractivity contribution in [3.8, 4) is 5.75 Å². The molecule has 1 unspecified atom stereocenters. The Morgan fingerprint density at radius 2 is 2.05 bits per heavy atom. The predicted octanol–water partition coefficient (Wildman–Crippen LogP) is 4.96. The Bertz CT molecular complexity index is 445. The lowest BCUT2D eigenvalue weighted by atomic mass is 10.0. The van der Waals surface area contributed by atoms with E-state index >= 15 is 0 Å². The molecule has 2 rings (SSSR count). The van der Waals surface area contributed by atoms with Gasteiger partial charge in [-0.05, 0) is 50.2 Å². The third-order valence-corrected chi connectivity index (χ3v) is 4.55. The second kappa shape index (κ2) is 10.3. The van der Waals surface area contributed by atoms with E-state index in [0.717, 1.165) is 68.5 Å². The van der Waals surface area contributed by atoms with Crippen molar-refractivity contribution in [2.75, 3.05) is 29.7 Å². The van der Waals surface area contributed by atoms with Crippen molar-refractivity contribution in [1.82, 2.24) is 0 Å². The molecule has 1 aromatic carbocycles. The number of benzene rings is 1. The molecule has 0 spiro atoms. The van der Waals surface area contributed by atoms with E-state index in [4.69, 9.17) is 21.1 Å².